The molecule has 3 rings (SSSR count). The van der Waals surface area contributed by atoms with E-state index < -0.39 is 4.92 Å². The van der Waals surface area contributed by atoms with Crippen molar-refractivity contribution in [3.8, 4) is 11.5 Å². The van der Waals surface area contributed by atoms with Crippen molar-refractivity contribution < 1.29 is 14.4 Å². The molecule has 0 saturated carbocycles. The molecule has 0 aliphatic rings. The highest BCUT2D eigenvalue weighted by Gasteiger charge is 2.19. The number of nitrogens with one attached hydrogen (secondary N) is 1. The van der Waals surface area contributed by atoms with Gasteiger partial charge in [0.2, 0.25) is 10.9 Å². The van der Waals surface area contributed by atoms with Gasteiger partial charge in [0.15, 0.2) is 0 Å². The standard InChI is InChI=1S/C18H18N4O4S/c1-3-25-15-10-16(26-4-2)14(22(23)24)9-12(15)11-19-21-18-20-13-7-5-6-8-17(13)27-18/h5-11H,3-4H2,1-2H3,(H,20,21)/b19-11-. The monoisotopic (exact) mass is 386 g/mol. The lowest BCUT2D eigenvalue weighted by molar-refractivity contribution is -0.385. The zero-order valence-corrected chi connectivity index (χ0v) is 15.7. The molecule has 3 aromatic rings. The molecule has 0 spiro atoms. The average molecular weight is 386 g/mol. The summed E-state index contributed by atoms with van der Waals surface area (Å²) in [6.45, 7) is 4.33. The summed E-state index contributed by atoms with van der Waals surface area (Å²) in [5, 5.41) is 16.1. The minimum absolute atomic E-state index is 0.137. The molecule has 0 fully saturated rings. The molecular weight excluding hydrogens is 368 g/mol. The topological polar surface area (TPSA) is 98.9 Å². The largest absolute Gasteiger partial charge is 0.493 e. The van der Waals surface area contributed by atoms with Crippen LogP contribution in [0.2, 0.25) is 0 Å². The number of para-hydroxylation sites is 1. The Morgan fingerprint density at radius 1 is 1.22 bits per heavy atom. The van der Waals surface area contributed by atoms with Gasteiger partial charge in [-0.3, -0.25) is 15.5 Å². The van der Waals surface area contributed by atoms with Crippen LogP contribution in [-0.4, -0.2) is 29.3 Å². The van der Waals surface area contributed by atoms with Crippen molar-refractivity contribution in [2.45, 2.75) is 13.8 Å². The highest BCUT2D eigenvalue weighted by molar-refractivity contribution is 7.22. The van der Waals surface area contributed by atoms with Gasteiger partial charge in [-0.15, -0.1) is 0 Å². The maximum absolute atomic E-state index is 11.3. The SMILES string of the molecule is CCOc1cc(OCC)c([N+](=O)[O-])cc1/C=N\Nc1nc2ccccc2s1. The average Bonchev–Trinajstić information content (AvgIpc) is 3.06. The van der Waals surface area contributed by atoms with E-state index in [9.17, 15) is 10.1 Å². The molecule has 27 heavy (non-hydrogen) atoms. The Bertz CT molecular complexity index is 954. The molecule has 0 saturated heterocycles. The van der Waals surface area contributed by atoms with Gasteiger partial charge < -0.3 is 9.47 Å². The molecule has 2 aromatic carbocycles. The molecule has 8 nitrogen and oxygen atoms in total. The zero-order valence-electron chi connectivity index (χ0n) is 14.8. The van der Waals surface area contributed by atoms with E-state index in [4.69, 9.17) is 9.47 Å². The number of nitro benzene ring substituents is 1. The smallest absolute Gasteiger partial charge is 0.311 e. The molecule has 0 unspecified atom stereocenters. The Hall–Kier alpha value is -3.20. The van der Waals surface area contributed by atoms with Gasteiger partial charge in [0, 0.05) is 17.7 Å². The quantitative estimate of drug-likeness (QED) is 0.349. The van der Waals surface area contributed by atoms with E-state index in [0.29, 0.717) is 29.7 Å². The normalized spacial score (nSPS) is 11.0. The van der Waals surface area contributed by atoms with Crippen LogP contribution in [0.5, 0.6) is 11.5 Å². The second-order valence-electron chi connectivity index (χ2n) is 5.34. The van der Waals surface area contributed by atoms with Gasteiger partial charge in [0.25, 0.3) is 0 Å². The number of fused-ring (bicyclic) bond motifs is 1. The van der Waals surface area contributed by atoms with Crippen molar-refractivity contribution in [2.24, 2.45) is 5.10 Å². The fourth-order valence-electron chi connectivity index (χ4n) is 2.44. The Morgan fingerprint density at radius 2 is 1.96 bits per heavy atom. The lowest BCUT2D eigenvalue weighted by atomic mass is 10.1. The van der Waals surface area contributed by atoms with Crippen molar-refractivity contribution in [2.75, 3.05) is 18.6 Å². The summed E-state index contributed by atoms with van der Waals surface area (Å²) in [5.41, 5.74) is 4.08. The Kier molecular flexibility index (Phi) is 5.82. The third-order valence-electron chi connectivity index (χ3n) is 3.55. The molecule has 1 heterocycles. The van der Waals surface area contributed by atoms with Gasteiger partial charge in [-0.25, -0.2) is 4.98 Å². The summed E-state index contributed by atoms with van der Waals surface area (Å²) >= 11 is 1.47. The minimum atomic E-state index is -0.487. The molecule has 0 atom stereocenters. The first kappa shape index (κ1) is 18.6. The highest BCUT2D eigenvalue weighted by atomic mass is 32.1. The number of benzene rings is 2. The second-order valence-corrected chi connectivity index (χ2v) is 6.37. The van der Waals surface area contributed by atoms with Crippen LogP contribution in [0.3, 0.4) is 0 Å². The van der Waals surface area contributed by atoms with Crippen molar-refractivity contribution in [3.05, 3.63) is 52.1 Å². The fraction of sp³-hybridized carbons (Fsp3) is 0.222. The van der Waals surface area contributed by atoms with Gasteiger partial charge in [-0.2, -0.15) is 5.10 Å². The summed E-state index contributed by atoms with van der Waals surface area (Å²) < 4.78 is 12.0. The van der Waals surface area contributed by atoms with E-state index in [1.54, 1.807) is 6.92 Å². The van der Waals surface area contributed by atoms with Crippen molar-refractivity contribution >= 4 is 38.6 Å². The minimum Gasteiger partial charge on any atom is -0.493 e. The van der Waals surface area contributed by atoms with Crippen molar-refractivity contribution in [1.82, 2.24) is 4.98 Å². The van der Waals surface area contributed by atoms with Crippen LogP contribution < -0.4 is 14.9 Å². The van der Waals surface area contributed by atoms with Crippen LogP contribution in [0, 0.1) is 10.1 Å². The lowest BCUT2D eigenvalue weighted by Gasteiger charge is -2.10. The van der Waals surface area contributed by atoms with Gasteiger partial charge in [-0.1, -0.05) is 23.5 Å². The molecule has 0 radical (unpaired) electrons. The Morgan fingerprint density at radius 3 is 2.67 bits per heavy atom. The number of hydrogen-bond acceptors (Lipinski definition) is 8. The van der Waals surface area contributed by atoms with Gasteiger partial charge in [0.1, 0.15) is 5.75 Å². The first-order chi connectivity index (χ1) is 13.1. The highest BCUT2D eigenvalue weighted by Crippen LogP contribution is 2.34. The summed E-state index contributed by atoms with van der Waals surface area (Å²) in [7, 11) is 0. The fourth-order valence-corrected chi connectivity index (χ4v) is 3.25. The van der Waals surface area contributed by atoms with Crippen LogP contribution >= 0.6 is 11.3 Å². The molecule has 0 aliphatic heterocycles. The molecule has 0 aliphatic carbocycles. The van der Waals surface area contributed by atoms with E-state index in [2.05, 4.69) is 15.5 Å². The second kappa shape index (κ2) is 8.45. The number of nitro groups is 1. The third kappa shape index (κ3) is 4.32. The summed E-state index contributed by atoms with van der Waals surface area (Å²) in [6.07, 6.45) is 1.47. The molecule has 0 amide bonds. The number of rotatable bonds is 8. The van der Waals surface area contributed by atoms with Crippen molar-refractivity contribution in [3.63, 3.8) is 0 Å². The number of hydrazone groups is 1. The van der Waals surface area contributed by atoms with Crippen LogP contribution in [0.4, 0.5) is 10.8 Å². The lowest BCUT2D eigenvalue weighted by Crippen LogP contribution is -2.03. The van der Waals surface area contributed by atoms with E-state index >= 15 is 0 Å². The van der Waals surface area contributed by atoms with Crippen LogP contribution in [0.15, 0.2) is 41.5 Å². The first-order valence-electron chi connectivity index (χ1n) is 8.35. The molecule has 0 bridgehead atoms. The zero-order chi connectivity index (χ0) is 19.2. The Labute approximate surface area is 159 Å². The summed E-state index contributed by atoms with van der Waals surface area (Å²) in [6, 6.07) is 10.7. The predicted octanol–water partition coefficient (Wildman–Crippen LogP) is 4.45. The van der Waals surface area contributed by atoms with Gasteiger partial charge >= 0.3 is 5.69 Å². The number of anilines is 1. The number of thiazole rings is 1. The van der Waals surface area contributed by atoms with Crippen LogP contribution in [0.1, 0.15) is 19.4 Å². The molecule has 1 N–H and O–H groups in total. The molecule has 140 valence electrons. The first-order valence-corrected chi connectivity index (χ1v) is 9.16. The van der Waals surface area contributed by atoms with Crippen LogP contribution in [0.25, 0.3) is 10.2 Å². The third-order valence-corrected chi connectivity index (χ3v) is 4.49. The van der Waals surface area contributed by atoms with Crippen LogP contribution in [-0.2, 0) is 0 Å². The Balaban J connectivity index is 1.88. The van der Waals surface area contributed by atoms with Crippen molar-refractivity contribution in [1.29, 1.82) is 0 Å². The maximum Gasteiger partial charge on any atom is 0.311 e. The van der Waals surface area contributed by atoms with Gasteiger partial charge in [0.05, 0.1) is 34.6 Å². The summed E-state index contributed by atoms with van der Waals surface area (Å²) in [5.74, 6) is 0.628. The number of ether oxygens (including phenoxy) is 2. The molecule has 1 aromatic heterocycles. The number of hydrogen-bond donors (Lipinski definition) is 1. The van der Waals surface area contributed by atoms with Gasteiger partial charge in [-0.05, 0) is 26.0 Å². The summed E-state index contributed by atoms with van der Waals surface area (Å²) in [4.78, 5) is 15.3. The molecule has 9 heteroatoms. The molecular formula is C18H18N4O4S. The van der Waals surface area contributed by atoms with E-state index in [1.165, 1.54) is 29.7 Å². The number of aromatic nitrogens is 1. The predicted molar refractivity (Wildman–Crippen MR) is 106 cm³/mol. The number of nitrogens with zero attached hydrogens (tertiary/aromatic N) is 3. The van der Waals surface area contributed by atoms with E-state index in [0.717, 1.165) is 10.2 Å². The van der Waals surface area contributed by atoms with E-state index in [-0.39, 0.29) is 11.4 Å². The maximum atomic E-state index is 11.3. The van der Waals surface area contributed by atoms with E-state index in [1.807, 2.05) is 31.2 Å².